The summed E-state index contributed by atoms with van der Waals surface area (Å²) < 4.78 is 12.4. The lowest BCUT2D eigenvalue weighted by molar-refractivity contribution is 0.0509. The second kappa shape index (κ2) is 10.8. The van der Waals surface area contributed by atoms with E-state index in [-0.39, 0.29) is 6.10 Å². The van der Waals surface area contributed by atoms with E-state index >= 15 is 0 Å². The van der Waals surface area contributed by atoms with E-state index in [1.807, 2.05) is 6.07 Å². The van der Waals surface area contributed by atoms with Gasteiger partial charge < -0.3 is 14.8 Å². The van der Waals surface area contributed by atoms with Crippen molar-refractivity contribution in [2.24, 2.45) is 0 Å². The van der Waals surface area contributed by atoms with E-state index in [0.29, 0.717) is 19.1 Å². The van der Waals surface area contributed by atoms with Gasteiger partial charge in [-0.2, -0.15) is 0 Å². The van der Waals surface area contributed by atoms with Crippen molar-refractivity contribution in [1.82, 2.24) is 5.32 Å². The van der Waals surface area contributed by atoms with Gasteiger partial charge >= 0.3 is 0 Å². The molecule has 0 unspecified atom stereocenters. The molecular weight excluding hydrogens is 334 g/mol. The Bertz CT molecular complexity index is 680. The molecule has 2 aromatic carbocycles. The minimum Gasteiger partial charge on any atom is -0.483 e. The van der Waals surface area contributed by atoms with Gasteiger partial charge in [-0.05, 0) is 42.2 Å². The van der Waals surface area contributed by atoms with Crippen molar-refractivity contribution >= 4 is 0 Å². The number of hydrogen-bond donors (Lipinski definition) is 1. The molecule has 1 aliphatic carbocycles. The summed E-state index contributed by atoms with van der Waals surface area (Å²) in [6, 6.07) is 18.9. The highest BCUT2D eigenvalue weighted by molar-refractivity contribution is 5.37. The SMILES string of the molecule is C=CNCCOC[C@@H](Oc1ccccc1C1CCCCC1)c1ccccc1. The fraction of sp³-hybridized carbons (Fsp3) is 0.417. The van der Waals surface area contributed by atoms with Gasteiger partial charge in [-0.3, -0.25) is 0 Å². The molecule has 1 atom stereocenters. The molecule has 144 valence electrons. The third-order valence-electron chi connectivity index (χ3n) is 5.21. The first-order valence-electron chi connectivity index (χ1n) is 10.1. The first kappa shape index (κ1) is 19.5. The molecule has 3 nitrogen and oxygen atoms in total. The molecule has 0 bridgehead atoms. The third kappa shape index (κ3) is 5.86. The van der Waals surface area contributed by atoms with Gasteiger partial charge in [0.1, 0.15) is 11.9 Å². The number of benzene rings is 2. The van der Waals surface area contributed by atoms with Gasteiger partial charge in [-0.25, -0.2) is 0 Å². The van der Waals surface area contributed by atoms with Crippen LogP contribution in [0, 0.1) is 0 Å². The Morgan fingerprint density at radius 3 is 2.52 bits per heavy atom. The maximum Gasteiger partial charge on any atom is 0.147 e. The van der Waals surface area contributed by atoms with E-state index in [1.165, 1.54) is 37.7 Å². The molecule has 3 rings (SSSR count). The lowest BCUT2D eigenvalue weighted by Crippen LogP contribution is -2.20. The zero-order valence-corrected chi connectivity index (χ0v) is 16.1. The molecule has 1 fully saturated rings. The van der Waals surface area contributed by atoms with Crippen molar-refractivity contribution in [3.63, 3.8) is 0 Å². The van der Waals surface area contributed by atoms with E-state index in [2.05, 4.69) is 60.4 Å². The van der Waals surface area contributed by atoms with Gasteiger partial charge in [-0.15, -0.1) is 0 Å². The van der Waals surface area contributed by atoms with Crippen LogP contribution in [0.15, 0.2) is 67.4 Å². The summed E-state index contributed by atoms with van der Waals surface area (Å²) in [4.78, 5) is 0. The van der Waals surface area contributed by atoms with Crippen molar-refractivity contribution in [3.8, 4) is 5.75 Å². The van der Waals surface area contributed by atoms with E-state index in [1.54, 1.807) is 6.20 Å². The first-order valence-corrected chi connectivity index (χ1v) is 10.1. The summed E-state index contributed by atoms with van der Waals surface area (Å²) in [5, 5.41) is 3.06. The van der Waals surface area contributed by atoms with Crippen molar-refractivity contribution in [1.29, 1.82) is 0 Å². The van der Waals surface area contributed by atoms with Crippen LogP contribution in [0.5, 0.6) is 5.75 Å². The van der Waals surface area contributed by atoms with E-state index in [9.17, 15) is 0 Å². The van der Waals surface area contributed by atoms with Crippen LogP contribution in [-0.4, -0.2) is 19.8 Å². The molecule has 1 N–H and O–H groups in total. The van der Waals surface area contributed by atoms with Crippen LogP contribution < -0.4 is 10.1 Å². The first-order chi connectivity index (χ1) is 13.4. The highest BCUT2D eigenvalue weighted by atomic mass is 16.5. The fourth-order valence-corrected chi connectivity index (χ4v) is 3.78. The van der Waals surface area contributed by atoms with Crippen LogP contribution in [0.2, 0.25) is 0 Å². The van der Waals surface area contributed by atoms with Gasteiger partial charge in [0.15, 0.2) is 0 Å². The van der Waals surface area contributed by atoms with Gasteiger partial charge in [0.2, 0.25) is 0 Å². The average Bonchev–Trinajstić information content (AvgIpc) is 2.74. The Morgan fingerprint density at radius 2 is 1.74 bits per heavy atom. The monoisotopic (exact) mass is 365 g/mol. The Hall–Kier alpha value is -2.26. The third-order valence-corrected chi connectivity index (χ3v) is 5.21. The van der Waals surface area contributed by atoms with Gasteiger partial charge in [0.25, 0.3) is 0 Å². The summed E-state index contributed by atoms with van der Waals surface area (Å²) in [6.07, 6.45) is 8.11. The Morgan fingerprint density at radius 1 is 1.00 bits per heavy atom. The highest BCUT2D eigenvalue weighted by Gasteiger charge is 2.21. The number of hydrogen-bond acceptors (Lipinski definition) is 3. The second-order valence-electron chi connectivity index (χ2n) is 7.12. The van der Waals surface area contributed by atoms with E-state index in [4.69, 9.17) is 9.47 Å². The van der Waals surface area contributed by atoms with Gasteiger partial charge in [0, 0.05) is 6.54 Å². The molecule has 2 aromatic rings. The molecule has 0 saturated heterocycles. The Balaban J connectivity index is 1.72. The number of rotatable bonds is 10. The van der Waals surface area contributed by atoms with Crippen LogP contribution in [0.1, 0.15) is 55.3 Å². The molecule has 0 aliphatic heterocycles. The van der Waals surface area contributed by atoms with Crippen LogP contribution in [-0.2, 0) is 4.74 Å². The number of para-hydroxylation sites is 1. The van der Waals surface area contributed by atoms with E-state index in [0.717, 1.165) is 17.9 Å². The second-order valence-corrected chi connectivity index (χ2v) is 7.12. The molecular formula is C24H31NO2. The van der Waals surface area contributed by atoms with E-state index < -0.39 is 0 Å². The van der Waals surface area contributed by atoms with Gasteiger partial charge in [0.05, 0.1) is 13.2 Å². The average molecular weight is 366 g/mol. The molecule has 0 heterocycles. The summed E-state index contributed by atoms with van der Waals surface area (Å²) in [5.74, 6) is 1.62. The molecule has 0 spiro atoms. The molecule has 27 heavy (non-hydrogen) atoms. The topological polar surface area (TPSA) is 30.5 Å². The summed E-state index contributed by atoms with van der Waals surface area (Å²) >= 11 is 0. The zero-order chi connectivity index (χ0) is 18.7. The summed E-state index contributed by atoms with van der Waals surface area (Å²) in [5.41, 5.74) is 2.50. The van der Waals surface area contributed by atoms with Crippen LogP contribution in [0.25, 0.3) is 0 Å². The highest BCUT2D eigenvalue weighted by Crippen LogP contribution is 2.38. The number of ether oxygens (including phenoxy) is 2. The molecule has 3 heteroatoms. The summed E-state index contributed by atoms with van der Waals surface area (Å²) in [6.45, 7) is 5.57. The normalized spacial score (nSPS) is 15.9. The molecule has 1 aliphatic rings. The van der Waals surface area contributed by atoms with Crippen molar-refractivity contribution in [2.45, 2.75) is 44.1 Å². The molecule has 0 amide bonds. The quantitative estimate of drug-likeness (QED) is 0.556. The molecule has 0 aromatic heterocycles. The summed E-state index contributed by atoms with van der Waals surface area (Å²) in [7, 11) is 0. The predicted octanol–water partition coefficient (Wildman–Crippen LogP) is 5.60. The molecule has 0 radical (unpaired) electrons. The Labute approximate surface area is 163 Å². The number of nitrogens with one attached hydrogen (secondary N) is 1. The maximum absolute atomic E-state index is 6.53. The van der Waals surface area contributed by atoms with Crippen molar-refractivity contribution in [2.75, 3.05) is 19.8 Å². The maximum atomic E-state index is 6.53. The minimum atomic E-state index is -0.111. The smallest absolute Gasteiger partial charge is 0.147 e. The largest absolute Gasteiger partial charge is 0.483 e. The predicted molar refractivity (Wildman–Crippen MR) is 111 cm³/mol. The zero-order valence-electron chi connectivity index (χ0n) is 16.1. The van der Waals surface area contributed by atoms with Crippen molar-refractivity contribution < 1.29 is 9.47 Å². The fourth-order valence-electron chi connectivity index (χ4n) is 3.78. The lowest BCUT2D eigenvalue weighted by Gasteiger charge is -2.27. The van der Waals surface area contributed by atoms with Crippen LogP contribution in [0.3, 0.4) is 0 Å². The molecule has 1 saturated carbocycles. The van der Waals surface area contributed by atoms with Gasteiger partial charge in [-0.1, -0.05) is 74.4 Å². The lowest BCUT2D eigenvalue weighted by atomic mass is 9.84. The van der Waals surface area contributed by atoms with Crippen LogP contribution in [0.4, 0.5) is 0 Å². The Kier molecular flexibility index (Phi) is 7.79. The van der Waals surface area contributed by atoms with Crippen LogP contribution >= 0.6 is 0 Å². The van der Waals surface area contributed by atoms with Crippen molar-refractivity contribution in [3.05, 3.63) is 78.5 Å². The standard InChI is InChI=1S/C24H31NO2/c1-2-25-17-18-26-19-24(21-13-7-4-8-14-21)27-23-16-10-9-15-22(23)20-11-5-3-6-12-20/h2,4,7-10,13-16,20,24-25H,1,3,5-6,11-12,17-19H2/t24-/m1/s1. The minimum absolute atomic E-state index is 0.111.